The van der Waals surface area contributed by atoms with Crippen LogP contribution in [0, 0.1) is 6.92 Å². The Balaban J connectivity index is 2.65. The second-order valence-electron chi connectivity index (χ2n) is 2.22. The van der Waals surface area contributed by atoms with Crippen molar-refractivity contribution in [3.8, 4) is 0 Å². The molecule has 4 nitrogen and oxygen atoms in total. The highest BCUT2D eigenvalue weighted by molar-refractivity contribution is 5.10. The molecule has 0 bridgehead atoms. The molecule has 0 aliphatic heterocycles. The van der Waals surface area contributed by atoms with E-state index in [1.165, 1.54) is 0 Å². The summed E-state index contributed by atoms with van der Waals surface area (Å²) in [4.78, 5) is 0. The predicted molar refractivity (Wildman–Crippen MR) is 34.5 cm³/mol. The molecule has 0 aliphatic carbocycles. The van der Waals surface area contributed by atoms with Crippen LogP contribution in [0.1, 0.15) is 11.3 Å². The summed E-state index contributed by atoms with van der Waals surface area (Å²) in [5, 5.41) is 13.5. The maximum atomic E-state index is 8.81. The summed E-state index contributed by atoms with van der Waals surface area (Å²) in [6, 6.07) is 0. The molecule has 1 aromatic heterocycles. The van der Waals surface area contributed by atoms with E-state index in [4.69, 9.17) is 9.73 Å². The van der Waals surface area contributed by atoms with Crippen LogP contribution in [0.25, 0.3) is 0 Å². The van der Waals surface area contributed by atoms with E-state index < -0.39 is 0 Å². The fraction of sp³-hybridized carbons (Fsp3) is 0.500. The predicted octanol–water partition coefficient (Wildman–Crippen LogP) is 0.804. The molecule has 0 atom stereocenters. The van der Waals surface area contributed by atoms with E-state index in [1.54, 1.807) is 13.2 Å². The lowest BCUT2D eigenvalue weighted by atomic mass is 10.3. The smallest absolute Gasteiger partial charge is 0.138 e. The third-order valence-corrected chi connectivity index (χ3v) is 1.25. The maximum Gasteiger partial charge on any atom is 0.138 e. The van der Waals surface area contributed by atoms with Crippen LogP contribution in [0.4, 0.5) is 0 Å². The first kappa shape index (κ1) is 7.24. The first-order chi connectivity index (χ1) is 4.70. The number of hydrogen-bond acceptors (Lipinski definition) is 4. The quantitative estimate of drug-likeness (QED) is 0.620. The largest absolute Gasteiger partial charge is 0.361 e. The molecule has 1 rings (SSSR count). The van der Waals surface area contributed by atoms with Crippen LogP contribution in [0.5, 0.6) is 0 Å². The van der Waals surface area contributed by atoms with Gasteiger partial charge in [-0.25, -0.2) is 0 Å². The van der Waals surface area contributed by atoms with Crippen molar-refractivity contribution in [2.24, 2.45) is 0 Å². The molecule has 10 heavy (non-hydrogen) atoms. The van der Waals surface area contributed by atoms with Crippen molar-refractivity contribution >= 4 is 0 Å². The number of nitrogens with zero attached hydrogens (tertiary/aromatic N) is 2. The lowest BCUT2D eigenvalue weighted by molar-refractivity contribution is -0.0734. The standard InChI is InChI=1S/C6H10N2O2/c1-5-6(3-7-10-5)4-8(2)9/h3,9H,4H2,1-2H3. The maximum absolute atomic E-state index is 8.81. The average Bonchev–Trinajstić information content (AvgIpc) is 2.15. The van der Waals surface area contributed by atoms with E-state index in [1.807, 2.05) is 6.92 Å². The number of aryl methyl sites for hydroxylation is 1. The molecular weight excluding hydrogens is 132 g/mol. The summed E-state index contributed by atoms with van der Waals surface area (Å²) in [5.74, 6) is 0.751. The topological polar surface area (TPSA) is 49.5 Å². The highest BCUT2D eigenvalue weighted by atomic mass is 16.5. The second-order valence-corrected chi connectivity index (χ2v) is 2.22. The van der Waals surface area contributed by atoms with Crippen LogP contribution in [0.2, 0.25) is 0 Å². The average molecular weight is 142 g/mol. The van der Waals surface area contributed by atoms with Gasteiger partial charge in [0.25, 0.3) is 0 Å². The number of aromatic nitrogens is 1. The van der Waals surface area contributed by atoms with Crippen molar-refractivity contribution in [2.75, 3.05) is 7.05 Å². The van der Waals surface area contributed by atoms with Gasteiger partial charge in [0, 0.05) is 12.6 Å². The van der Waals surface area contributed by atoms with Crippen LogP contribution in [-0.4, -0.2) is 22.5 Å². The van der Waals surface area contributed by atoms with Gasteiger partial charge in [0.1, 0.15) is 5.76 Å². The Morgan fingerprint density at radius 2 is 2.50 bits per heavy atom. The summed E-state index contributed by atoms with van der Waals surface area (Å²) in [6.07, 6.45) is 1.60. The minimum absolute atomic E-state index is 0.454. The molecule has 1 N–H and O–H groups in total. The Labute approximate surface area is 59.0 Å². The molecule has 4 heteroatoms. The van der Waals surface area contributed by atoms with Gasteiger partial charge in [-0.3, -0.25) is 0 Å². The van der Waals surface area contributed by atoms with Gasteiger partial charge in [0.05, 0.1) is 12.7 Å². The van der Waals surface area contributed by atoms with Crippen LogP contribution in [0.3, 0.4) is 0 Å². The zero-order valence-corrected chi connectivity index (χ0v) is 6.03. The summed E-state index contributed by atoms with van der Waals surface area (Å²) in [5.41, 5.74) is 0.907. The molecule has 0 saturated carbocycles. The van der Waals surface area contributed by atoms with Gasteiger partial charge in [0.15, 0.2) is 0 Å². The molecule has 0 amide bonds. The molecular formula is C6H10N2O2. The molecule has 0 aromatic carbocycles. The van der Waals surface area contributed by atoms with E-state index >= 15 is 0 Å². The van der Waals surface area contributed by atoms with E-state index in [2.05, 4.69) is 5.16 Å². The normalized spacial score (nSPS) is 10.8. The molecule has 0 unspecified atom stereocenters. The van der Waals surface area contributed by atoms with E-state index in [0.717, 1.165) is 16.4 Å². The summed E-state index contributed by atoms with van der Waals surface area (Å²) < 4.78 is 4.78. The highest BCUT2D eigenvalue weighted by Crippen LogP contribution is 2.06. The monoisotopic (exact) mass is 142 g/mol. The van der Waals surface area contributed by atoms with Gasteiger partial charge in [-0.2, -0.15) is 5.06 Å². The molecule has 0 radical (unpaired) electrons. The molecule has 1 heterocycles. The third-order valence-electron chi connectivity index (χ3n) is 1.25. The molecule has 0 fully saturated rings. The van der Waals surface area contributed by atoms with Gasteiger partial charge in [-0.05, 0) is 6.92 Å². The second kappa shape index (κ2) is 2.81. The number of hydroxylamine groups is 2. The van der Waals surface area contributed by atoms with Crippen molar-refractivity contribution in [1.82, 2.24) is 10.2 Å². The van der Waals surface area contributed by atoms with Crippen molar-refractivity contribution in [3.63, 3.8) is 0 Å². The molecule has 1 aromatic rings. The molecule has 56 valence electrons. The summed E-state index contributed by atoms with van der Waals surface area (Å²) in [7, 11) is 1.58. The fourth-order valence-electron chi connectivity index (χ4n) is 0.717. The van der Waals surface area contributed by atoms with E-state index in [-0.39, 0.29) is 0 Å². The summed E-state index contributed by atoms with van der Waals surface area (Å²) >= 11 is 0. The zero-order chi connectivity index (χ0) is 7.56. The summed E-state index contributed by atoms with van der Waals surface area (Å²) in [6.45, 7) is 2.27. The van der Waals surface area contributed by atoms with Crippen molar-refractivity contribution in [3.05, 3.63) is 17.5 Å². The Bertz CT molecular complexity index is 207. The van der Waals surface area contributed by atoms with E-state index in [0.29, 0.717) is 6.54 Å². The Hall–Kier alpha value is -0.870. The van der Waals surface area contributed by atoms with E-state index in [9.17, 15) is 0 Å². The minimum atomic E-state index is 0.454. The highest BCUT2D eigenvalue weighted by Gasteiger charge is 2.03. The Morgan fingerprint density at radius 1 is 1.80 bits per heavy atom. The first-order valence-electron chi connectivity index (χ1n) is 3.00. The van der Waals surface area contributed by atoms with Crippen molar-refractivity contribution in [2.45, 2.75) is 13.5 Å². The number of rotatable bonds is 2. The van der Waals surface area contributed by atoms with Crippen LogP contribution < -0.4 is 0 Å². The lowest BCUT2D eigenvalue weighted by Gasteiger charge is -2.04. The molecule has 0 spiro atoms. The van der Waals surface area contributed by atoms with Gasteiger partial charge in [-0.15, -0.1) is 0 Å². The SMILES string of the molecule is Cc1oncc1CN(C)O. The van der Waals surface area contributed by atoms with Gasteiger partial charge >= 0.3 is 0 Å². The van der Waals surface area contributed by atoms with Gasteiger partial charge in [0.2, 0.25) is 0 Å². The molecule has 0 aliphatic rings. The van der Waals surface area contributed by atoms with Gasteiger partial charge < -0.3 is 9.73 Å². The van der Waals surface area contributed by atoms with Crippen LogP contribution in [-0.2, 0) is 6.54 Å². The third kappa shape index (κ3) is 1.55. The van der Waals surface area contributed by atoms with Crippen molar-refractivity contribution in [1.29, 1.82) is 0 Å². The zero-order valence-electron chi connectivity index (χ0n) is 6.03. The fourth-order valence-corrected chi connectivity index (χ4v) is 0.717. The lowest BCUT2D eigenvalue weighted by Crippen LogP contribution is -2.11. The number of hydrogen-bond donors (Lipinski definition) is 1. The van der Waals surface area contributed by atoms with Crippen LogP contribution in [0.15, 0.2) is 10.7 Å². The van der Waals surface area contributed by atoms with Crippen molar-refractivity contribution < 1.29 is 9.73 Å². The van der Waals surface area contributed by atoms with Gasteiger partial charge in [-0.1, -0.05) is 5.16 Å². The Morgan fingerprint density at radius 3 is 2.90 bits per heavy atom. The Kier molecular flexibility index (Phi) is 2.03. The minimum Gasteiger partial charge on any atom is -0.361 e. The first-order valence-corrected chi connectivity index (χ1v) is 3.00. The molecule has 0 saturated heterocycles. The van der Waals surface area contributed by atoms with Crippen LogP contribution >= 0.6 is 0 Å².